The number of aliphatic carboxylic acids is 1. The fourth-order valence-electron chi connectivity index (χ4n) is 4.66. The summed E-state index contributed by atoms with van der Waals surface area (Å²) in [5.74, 6) is -1.12. The highest BCUT2D eigenvalue weighted by atomic mass is 28.3. The van der Waals surface area contributed by atoms with Gasteiger partial charge in [-0.05, 0) is 52.1 Å². The summed E-state index contributed by atoms with van der Waals surface area (Å²) < 4.78 is 8.56. The second kappa shape index (κ2) is 12.3. The van der Waals surface area contributed by atoms with Crippen LogP contribution in [0, 0.1) is 5.92 Å². The van der Waals surface area contributed by atoms with Crippen LogP contribution in [0.15, 0.2) is 30.3 Å². The van der Waals surface area contributed by atoms with Gasteiger partial charge in [0.2, 0.25) is 0 Å². The molecular formula is C27H44N5O3Si+. The summed E-state index contributed by atoms with van der Waals surface area (Å²) in [7, 11) is 3.32. The molecule has 36 heavy (non-hydrogen) atoms. The molecule has 0 spiro atoms. The molecule has 1 aliphatic heterocycles. The first kappa shape index (κ1) is 28.2. The highest BCUT2D eigenvalue weighted by Gasteiger charge is 2.33. The fourth-order valence-corrected chi connectivity index (χ4v) is 5.42. The second-order valence-corrected chi connectivity index (χ2v) is 17.6. The minimum absolute atomic E-state index is 0.240. The number of rotatable bonds is 13. The molecule has 0 fully saturated rings. The van der Waals surface area contributed by atoms with Crippen molar-refractivity contribution >= 4 is 19.6 Å². The minimum atomic E-state index is -1.20. The minimum Gasteiger partial charge on any atom is -0.481 e. The molecule has 1 aliphatic rings. The summed E-state index contributed by atoms with van der Waals surface area (Å²) in [6.45, 7) is 12.0. The lowest BCUT2D eigenvalue weighted by Gasteiger charge is -2.32. The second-order valence-electron chi connectivity index (χ2n) is 11.9. The largest absolute Gasteiger partial charge is 0.481 e. The molecule has 198 valence electrons. The lowest BCUT2D eigenvalue weighted by atomic mass is 9.83. The molecule has 2 heterocycles. The molecule has 0 saturated heterocycles. The number of carbonyl (C=O) groups is 1. The Labute approximate surface area is 216 Å². The standard InChI is InChI=1S/C27H43N5O3Si/c1-7-8-24(27(33)34)25(26-28-29-30-31(26)20-35-17-18-36(4,5)6)19-21-9-11-22(12-10-21)23-13-15-32(2,3)16-14-23/h9-13,24-25H,7-8,14-20H2,1-6H3/p+1/t24-,25-/m0/s1. The molecule has 8 nitrogen and oxygen atoms in total. The third kappa shape index (κ3) is 8.08. The Morgan fingerprint density at radius 3 is 2.53 bits per heavy atom. The molecule has 0 aliphatic carbocycles. The van der Waals surface area contributed by atoms with E-state index in [1.54, 1.807) is 4.68 Å². The quantitative estimate of drug-likeness (QED) is 0.237. The Hall–Kier alpha value is -2.36. The van der Waals surface area contributed by atoms with E-state index in [1.165, 1.54) is 11.1 Å². The number of carboxylic acids is 1. The number of likely N-dealkylation sites (N-methyl/N-ethyl adjacent to an activating group) is 1. The Balaban J connectivity index is 1.79. The molecule has 2 aromatic rings. The molecule has 1 aromatic carbocycles. The maximum absolute atomic E-state index is 12.3. The summed E-state index contributed by atoms with van der Waals surface area (Å²) in [5.41, 5.74) is 3.73. The Morgan fingerprint density at radius 2 is 1.94 bits per heavy atom. The average Bonchev–Trinajstić information content (AvgIpc) is 3.27. The number of carboxylic acid groups (broad SMARTS) is 1. The first-order valence-corrected chi connectivity index (χ1v) is 16.9. The Bertz CT molecular complexity index is 1030. The van der Waals surface area contributed by atoms with Gasteiger partial charge in [0.05, 0.1) is 33.1 Å². The normalized spacial score (nSPS) is 17.4. The molecule has 9 heteroatoms. The molecule has 2 atom stereocenters. The lowest BCUT2D eigenvalue weighted by Crippen LogP contribution is -2.42. The van der Waals surface area contributed by atoms with Gasteiger partial charge in [-0.25, -0.2) is 4.68 Å². The summed E-state index contributed by atoms with van der Waals surface area (Å²) in [6.07, 6.45) is 5.33. The highest BCUT2D eigenvalue weighted by Crippen LogP contribution is 2.32. The third-order valence-corrected chi connectivity index (χ3v) is 8.81. The Kier molecular flexibility index (Phi) is 9.60. The number of aromatic nitrogens is 4. The first-order chi connectivity index (χ1) is 17.0. The summed E-state index contributed by atoms with van der Waals surface area (Å²) in [4.78, 5) is 12.3. The SMILES string of the molecule is CCC[C@H](C(=O)O)[C@H](Cc1ccc(C2=CC[N+](C)(C)CC2)cc1)c1nnnn1COCC[Si](C)(C)C. The van der Waals surface area contributed by atoms with Gasteiger partial charge in [-0.15, -0.1) is 5.10 Å². The van der Waals surface area contributed by atoms with E-state index in [2.05, 4.69) is 79.6 Å². The van der Waals surface area contributed by atoms with E-state index in [1.807, 2.05) is 6.92 Å². The zero-order valence-electron chi connectivity index (χ0n) is 22.9. The zero-order chi connectivity index (χ0) is 26.3. The van der Waals surface area contributed by atoms with E-state index in [0.29, 0.717) is 25.3 Å². The number of ether oxygens (including phenoxy) is 1. The van der Waals surface area contributed by atoms with Crippen LogP contribution in [0.25, 0.3) is 5.57 Å². The topological polar surface area (TPSA) is 90.1 Å². The van der Waals surface area contributed by atoms with Crippen molar-refractivity contribution in [1.29, 1.82) is 0 Å². The monoisotopic (exact) mass is 514 g/mol. The number of benzene rings is 1. The van der Waals surface area contributed by atoms with E-state index < -0.39 is 20.0 Å². The molecule has 0 radical (unpaired) electrons. The van der Waals surface area contributed by atoms with Crippen LogP contribution in [0.5, 0.6) is 0 Å². The van der Waals surface area contributed by atoms with Crippen molar-refractivity contribution < 1.29 is 19.1 Å². The van der Waals surface area contributed by atoms with Crippen molar-refractivity contribution in [2.75, 3.05) is 33.8 Å². The Morgan fingerprint density at radius 1 is 1.22 bits per heavy atom. The van der Waals surface area contributed by atoms with Gasteiger partial charge in [0.15, 0.2) is 5.82 Å². The molecule has 0 unspecified atom stereocenters. The van der Waals surface area contributed by atoms with Gasteiger partial charge >= 0.3 is 5.97 Å². The lowest BCUT2D eigenvalue weighted by molar-refractivity contribution is -0.885. The van der Waals surface area contributed by atoms with E-state index in [4.69, 9.17) is 4.74 Å². The van der Waals surface area contributed by atoms with Crippen LogP contribution in [-0.2, 0) is 22.7 Å². The predicted octanol–water partition coefficient (Wildman–Crippen LogP) is 4.68. The van der Waals surface area contributed by atoms with Gasteiger partial charge in [0, 0.05) is 27.0 Å². The van der Waals surface area contributed by atoms with Crippen LogP contribution < -0.4 is 0 Å². The predicted molar refractivity (Wildman–Crippen MR) is 145 cm³/mol. The van der Waals surface area contributed by atoms with Crippen molar-refractivity contribution in [3.8, 4) is 0 Å². The number of nitrogens with zero attached hydrogens (tertiary/aromatic N) is 5. The van der Waals surface area contributed by atoms with Crippen LogP contribution in [-0.4, -0.2) is 77.6 Å². The molecular weight excluding hydrogens is 470 g/mol. The number of hydrogen-bond donors (Lipinski definition) is 1. The van der Waals surface area contributed by atoms with Crippen LogP contribution in [0.3, 0.4) is 0 Å². The third-order valence-electron chi connectivity index (χ3n) is 7.10. The van der Waals surface area contributed by atoms with Gasteiger partial charge in [0.25, 0.3) is 0 Å². The van der Waals surface area contributed by atoms with E-state index in [-0.39, 0.29) is 12.6 Å². The maximum atomic E-state index is 12.3. The first-order valence-electron chi connectivity index (χ1n) is 13.2. The average molecular weight is 515 g/mol. The van der Waals surface area contributed by atoms with Crippen LogP contribution in [0.2, 0.25) is 25.7 Å². The molecule has 1 aromatic heterocycles. The number of quaternary nitrogens is 1. The maximum Gasteiger partial charge on any atom is 0.307 e. The van der Waals surface area contributed by atoms with E-state index >= 15 is 0 Å². The highest BCUT2D eigenvalue weighted by molar-refractivity contribution is 6.76. The van der Waals surface area contributed by atoms with Crippen molar-refractivity contribution in [2.24, 2.45) is 5.92 Å². The van der Waals surface area contributed by atoms with Crippen LogP contribution in [0.1, 0.15) is 49.1 Å². The van der Waals surface area contributed by atoms with Crippen molar-refractivity contribution in [2.45, 2.75) is 70.9 Å². The smallest absolute Gasteiger partial charge is 0.307 e. The zero-order valence-corrected chi connectivity index (χ0v) is 23.9. The van der Waals surface area contributed by atoms with Gasteiger partial charge < -0.3 is 14.3 Å². The van der Waals surface area contributed by atoms with Gasteiger partial charge in [-0.2, -0.15) is 0 Å². The summed E-state index contributed by atoms with van der Waals surface area (Å²) >= 11 is 0. The molecule has 3 rings (SSSR count). The fraction of sp³-hybridized carbons (Fsp3) is 0.630. The van der Waals surface area contributed by atoms with E-state index in [9.17, 15) is 9.90 Å². The van der Waals surface area contributed by atoms with Crippen molar-refractivity contribution in [3.63, 3.8) is 0 Å². The van der Waals surface area contributed by atoms with Gasteiger partial charge in [0.1, 0.15) is 6.73 Å². The van der Waals surface area contributed by atoms with Gasteiger partial charge in [-0.1, -0.05) is 57.3 Å². The van der Waals surface area contributed by atoms with Crippen molar-refractivity contribution in [3.05, 3.63) is 47.3 Å². The molecule has 0 amide bonds. The summed E-state index contributed by atoms with van der Waals surface area (Å²) in [6, 6.07) is 9.65. The van der Waals surface area contributed by atoms with Crippen LogP contribution >= 0.6 is 0 Å². The number of hydrogen-bond acceptors (Lipinski definition) is 5. The molecule has 0 saturated carbocycles. The van der Waals surface area contributed by atoms with Crippen molar-refractivity contribution in [1.82, 2.24) is 20.2 Å². The van der Waals surface area contributed by atoms with Crippen LogP contribution in [0.4, 0.5) is 0 Å². The number of tetrazole rings is 1. The molecule has 0 bridgehead atoms. The molecule has 1 N–H and O–H groups in total. The van der Waals surface area contributed by atoms with Gasteiger partial charge in [-0.3, -0.25) is 4.79 Å². The van der Waals surface area contributed by atoms with E-state index in [0.717, 1.165) is 42.0 Å². The summed E-state index contributed by atoms with van der Waals surface area (Å²) in [5, 5.41) is 22.4.